The Morgan fingerprint density at radius 2 is 1.96 bits per heavy atom. The average molecular weight is 369 g/mol. The molecule has 0 aliphatic rings. The molecule has 1 unspecified atom stereocenters. The Labute approximate surface area is 157 Å². The van der Waals surface area contributed by atoms with Gasteiger partial charge in [0.05, 0.1) is 19.4 Å². The van der Waals surface area contributed by atoms with Crippen LogP contribution in [-0.4, -0.2) is 45.1 Å². The summed E-state index contributed by atoms with van der Waals surface area (Å²) in [7, 11) is 1.59. The van der Waals surface area contributed by atoms with Gasteiger partial charge in [-0.25, -0.2) is 0 Å². The summed E-state index contributed by atoms with van der Waals surface area (Å²) in [5.41, 5.74) is 1.82. The monoisotopic (exact) mass is 369 g/mol. The summed E-state index contributed by atoms with van der Waals surface area (Å²) in [6.07, 6.45) is 0.858. The van der Waals surface area contributed by atoms with Crippen LogP contribution < -0.4 is 14.8 Å². The predicted molar refractivity (Wildman–Crippen MR) is 100 cm³/mol. The molecule has 142 valence electrons. The molecular weight excluding hydrogens is 346 g/mol. The van der Waals surface area contributed by atoms with Gasteiger partial charge in [-0.15, -0.1) is 0 Å². The number of aromatic nitrogens is 4. The van der Waals surface area contributed by atoms with E-state index in [1.54, 1.807) is 7.11 Å². The molecule has 8 nitrogen and oxygen atoms in total. The molecule has 0 aliphatic heterocycles. The van der Waals surface area contributed by atoms with Crippen molar-refractivity contribution in [3.05, 3.63) is 54.1 Å². The Bertz CT molecular complexity index is 850. The first-order valence-corrected chi connectivity index (χ1v) is 8.78. The Hall–Kier alpha value is -2.97. The number of tetrazole rings is 1. The van der Waals surface area contributed by atoms with Gasteiger partial charge < -0.3 is 19.9 Å². The van der Waals surface area contributed by atoms with Gasteiger partial charge in [-0.1, -0.05) is 36.3 Å². The van der Waals surface area contributed by atoms with Crippen LogP contribution >= 0.6 is 0 Å². The molecule has 0 amide bonds. The molecule has 27 heavy (non-hydrogen) atoms. The number of rotatable bonds is 9. The van der Waals surface area contributed by atoms with Gasteiger partial charge in [0.1, 0.15) is 0 Å². The fourth-order valence-electron chi connectivity index (χ4n) is 2.58. The SMILES string of the molecule is CCC(CO)NCc1ccc(Oc2nnnn2-c2ccccc2)c(OC)c1. The van der Waals surface area contributed by atoms with E-state index >= 15 is 0 Å². The first kappa shape index (κ1) is 18.8. The summed E-state index contributed by atoms with van der Waals surface area (Å²) < 4.78 is 12.9. The first-order valence-electron chi connectivity index (χ1n) is 8.78. The lowest BCUT2D eigenvalue weighted by Gasteiger charge is -2.15. The summed E-state index contributed by atoms with van der Waals surface area (Å²) >= 11 is 0. The number of nitrogens with zero attached hydrogens (tertiary/aromatic N) is 4. The molecule has 0 spiro atoms. The van der Waals surface area contributed by atoms with E-state index in [2.05, 4.69) is 20.8 Å². The van der Waals surface area contributed by atoms with E-state index in [1.165, 1.54) is 4.68 Å². The highest BCUT2D eigenvalue weighted by Gasteiger charge is 2.14. The summed E-state index contributed by atoms with van der Waals surface area (Å²) in [5.74, 6) is 1.09. The normalized spacial score (nSPS) is 12.0. The van der Waals surface area contributed by atoms with Gasteiger partial charge in [0, 0.05) is 12.6 Å². The number of methoxy groups -OCH3 is 1. The number of aliphatic hydroxyl groups excluding tert-OH is 1. The minimum absolute atomic E-state index is 0.0717. The Morgan fingerprint density at radius 1 is 1.15 bits per heavy atom. The predicted octanol–water partition coefficient (Wildman–Crippen LogP) is 2.32. The third kappa shape index (κ3) is 4.60. The highest BCUT2D eigenvalue weighted by Crippen LogP contribution is 2.32. The number of benzene rings is 2. The zero-order valence-electron chi connectivity index (χ0n) is 15.4. The molecule has 2 aromatic carbocycles. The van der Waals surface area contributed by atoms with Crippen molar-refractivity contribution in [2.75, 3.05) is 13.7 Å². The van der Waals surface area contributed by atoms with E-state index in [0.29, 0.717) is 18.0 Å². The number of hydrogen-bond donors (Lipinski definition) is 2. The summed E-state index contributed by atoms with van der Waals surface area (Å²) in [6.45, 7) is 2.76. The zero-order chi connectivity index (χ0) is 19.1. The van der Waals surface area contributed by atoms with Crippen molar-refractivity contribution in [3.8, 4) is 23.2 Å². The molecule has 3 rings (SSSR count). The number of aliphatic hydroxyl groups is 1. The number of nitrogens with one attached hydrogen (secondary N) is 1. The minimum atomic E-state index is 0.0717. The molecule has 1 atom stereocenters. The van der Waals surface area contributed by atoms with Crippen LogP contribution in [0.25, 0.3) is 5.69 Å². The molecule has 3 aromatic rings. The Balaban J connectivity index is 1.77. The molecule has 1 heterocycles. The van der Waals surface area contributed by atoms with Crippen LogP contribution in [0, 0.1) is 0 Å². The van der Waals surface area contributed by atoms with Crippen LogP contribution in [0.2, 0.25) is 0 Å². The largest absolute Gasteiger partial charge is 0.493 e. The van der Waals surface area contributed by atoms with Crippen molar-refractivity contribution < 1.29 is 14.6 Å². The Morgan fingerprint density at radius 3 is 2.67 bits per heavy atom. The smallest absolute Gasteiger partial charge is 0.346 e. The number of para-hydroxylation sites is 1. The van der Waals surface area contributed by atoms with E-state index in [-0.39, 0.29) is 18.7 Å². The molecule has 0 bridgehead atoms. The first-order chi connectivity index (χ1) is 13.2. The van der Waals surface area contributed by atoms with Crippen LogP contribution in [-0.2, 0) is 6.54 Å². The lowest BCUT2D eigenvalue weighted by atomic mass is 10.1. The summed E-state index contributed by atoms with van der Waals surface area (Å²) in [4.78, 5) is 0. The molecule has 0 saturated heterocycles. The fraction of sp³-hybridized carbons (Fsp3) is 0.316. The second kappa shape index (κ2) is 9.11. The third-order valence-electron chi connectivity index (χ3n) is 4.18. The van der Waals surface area contributed by atoms with E-state index in [4.69, 9.17) is 9.47 Å². The van der Waals surface area contributed by atoms with Crippen molar-refractivity contribution >= 4 is 0 Å². The minimum Gasteiger partial charge on any atom is -0.493 e. The maximum absolute atomic E-state index is 9.28. The van der Waals surface area contributed by atoms with Crippen molar-refractivity contribution in [1.82, 2.24) is 25.5 Å². The second-order valence-electron chi connectivity index (χ2n) is 5.96. The lowest BCUT2D eigenvalue weighted by Crippen LogP contribution is -2.31. The molecule has 0 aliphatic carbocycles. The van der Waals surface area contributed by atoms with Crippen LogP contribution in [0.1, 0.15) is 18.9 Å². The average Bonchev–Trinajstić information content (AvgIpc) is 3.18. The van der Waals surface area contributed by atoms with Gasteiger partial charge in [0.15, 0.2) is 11.5 Å². The fourth-order valence-corrected chi connectivity index (χ4v) is 2.58. The van der Waals surface area contributed by atoms with E-state index in [0.717, 1.165) is 17.7 Å². The topological polar surface area (TPSA) is 94.3 Å². The second-order valence-corrected chi connectivity index (χ2v) is 5.96. The maximum Gasteiger partial charge on any atom is 0.346 e. The third-order valence-corrected chi connectivity index (χ3v) is 4.18. The van der Waals surface area contributed by atoms with Gasteiger partial charge in [-0.2, -0.15) is 4.68 Å². The van der Waals surface area contributed by atoms with Crippen LogP contribution in [0.15, 0.2) is 48.5 Å². The van der Waals surface area contributed by atoms with Crippen molar-refractivity contribution in [2.45, 2.75) is 25.9 Å². The highest BCUT2D eigenvalue weighted by atomic mass is 16.5. The molecule has 0 fully saturated rings. The van der Waals surface area contributed by atoms with Gasteiger partial charge in [0.2, 0.25) is 0 Å². The molecular formula is C19H23N5O3. The van der Waals surface area contributed by atoms with Crippen LogP contribution in [0.3, 0.4) is 0 Å². The van der Waals surface area contributed by atoms with E-state index < -0.39 is 0 Å². The summed E-state index contributed by atoms with van der Waals surface area (Å²) in [5, 5.41) is 24.2. The lowest BCUT2D eigenvalue weighted by molar-refractivity contribution is 0.238. The van der Waals surface area contributed by atoms with Crippen molar-refractivity contribution in [1.29, 1.82) is 0 Å². The standard InChI is InChI=1S/C19H23N5O3/c1-3-15(13-25)20-12-14-9-10-17(18(11-14)26-2)27-19-21-22-23-24(19)16-7-5-4-6-8-16/h4-11,15,20,25H,3,12-13H2,1-2H3. The maximum atomic E-state index is 9.28. The van der Waals surface area contributed by atoms with E-state index in [9.17, 15) is 5.11 Å². The number of hydrogen-bond acceptors (Lipinski definition) is 7. The van der Waals surface area contributed by atoms with Gasteiger partial charge in [0.25, 0.3) is 0 Å². The van der Waals surface area contributed by atoms with Crippen molar-refractivity contribution in [3.63, 3.8) is 0 Å². The number of ether oxygens (including phenoxy) is 2. The van der Waals surface area contributed by atoms with Gasteiger partial charge in [-0.05, 0) is 46.7 Å². The zero-order valence-corrected chi connectivity index (χ0v) is 15.4. The van der Waals surface area contributed by atoms with Gasteiger partial charge >= 0.3 is 6.01 Å². The quantitative estimate of drug-likeness (QED) is 0.598. The molecule has 2 N–H and O–H groups in total. The van der Waals surface area contributed by atoms with E-state index in [1.807, 2.05) is 55.5 Å². The summed E-state index contributed by atoms with van der Waals surface area (Å²) in [6, 6.07) is 15.5. The molecule has 1 aromatic heterocycles. The van der Waals surface area contributed by atoms with Crippen LogP contribution in [0.4, 0.5) is 0 Å². The van der Waals surface area contributed by atoms with Gasteiger partial charge in [-0.3, -0.25) is 0 Å². The van der Waals surface area contributed by atoms with Crippen molar-refractivity contribution in [2.24, 2.45) is 0 Å². The highest BCUT2D eigenvalue weighted by molar-refractivity contribution is 5.44. The molecule has 0 saturated carbocycles. The van der Waals surface area contributed by atoms with Crippen LogP contribution in [0.5, 0.6) is 17.5 Å². The Kier molecular flexibility index (Phi) is 6.35. The molecule has 8 heteroatoms. The molecule has 0 radical (unpaired) electrons.